The topological polar surface area (TPSA) is 50.1 Å². The van der Waals surface area contributed by atoms with Crippen molar-refractivity contribution >= 4 is 19.4 Å². The number of Topliss-reactive ketones (excluding diaryl/α,β-unsaturated/α-hetero) is 1. The fourth-order valence-electron chi connectivity index (χ4n) is 3.50. The monoisotopic (exact) mass is 335 g/mol. The molecule has 122 valence electrons. The predicted octanol–water partition coefficient (Wildman–Crippen LogP) is 4.22. The maximum Gasteiger partial charge on any atom is 0.187 e. The number of rotatable bonds is 1. The first-order valence-corrected chi connectivity index (χ1v) is 11.7. The molecule has 0 aromatic heterocycles. The lowest BCUT2D eigenvalue weighted by molar-refractivity contribution is 0.0893. The molecule has 0 heterocycles. The molecule has 0 N–H and O–H groups in total. The molecule has 1 saturated carbocycles. The Hall–Kier alpha value is -2.30. The first-order chi connectivity index (χ1) is 11.3. The lowest BCUT2D eigenvalue weighted by atomic mass is 9.69. The second-order valence-electron chi connectivity index (χ2n) is 7.46. The molecule has 1 unspecified atom stereocenters. The van der Waals surface area contributed by atoms with Gasteiger partial charge in [-0.2, -0.15) is 5.26 Å². The van der Waals surface area contributed by atoms with E-state index in [1.54, 1.807) is 19.2 Å². The van der Waals surface area contributed by atoms with Gasteiger partial charge in [0, 0.05) is 16.7 Å². The van der Waals surface area contributed by atoms with Crippen LogP contribution in [0.25, 0.3) is 5.57 Å². The molecular weight excluding hydrogens is 314 g/mol. The van der Waals surface area contributed by atoms with Gasteiger partial charge in [0.2, 0.25) is 0 Å². The van der Waals surface area contributed by atoms with Crippen LogP contribution in [0.1, 0.15) is 35.2 Å². The smallest absolute Gasteiger partial charge is 0.187 e. The summed E-state index contributed by atoms with van der Waals surface area (Å²) >= 11 is 0. The Morgan fingerprint density at radius 3 is 2.62 bits per heavy atom. The summed E-state index contributed by atoms with van der Waals surface area (Å²) in [5.74, 6) is 3.98. The van der Waals surface area contributed by atoms with Crippen molar-refractivity contribution in [3.63, 3.8) is 0 Å². The number of fused-ring (bicyclic) bond motifs is 2. The third-order valence-electron chi connectivity index (χ3n) is 4.68. The SMILES string of the molecule is COc1ccc2c(c1)C(C#C[Si](C)(C)C)=C1CCCC1(C#N)C2=O. The molecule has 1 atom stereocenters. The van der Waals surface area contributed by atoms with E-state index in [4.69, 9.17) is 4.74 Å². The van der Waals surface area contributed by atoms with E-state index < -0.39 is 13.5 Å². The van der Waals surface area contributed by atoms with Gasteiger partial charge < -0.3 is 4.74 Å². The second-order valence-corrected chi connectivity index (χ2v) is 12.2. The first-order valence-electron chi connectivity index (χ1n) is 8.24. The number of benzene rings is 1. The number of carbonyl (C=O) groups excluding carboxylic acids is 1. The fraction of sp³-hybridized carbons (Fsp3) is 0.400. The van der Waals surface area contributed by atoms with Gasteiger partial charge in [-0.05, 0) is 43.0 Å². The second kappa shape index (κ2) is 5.65. The van der Waals surface area contributed by atoms with Crippen LogP contribution in [0.2, 0.25) is 19.6 Å². The van der Waals surface area contributed by atoms with Crippen LogP contribution in [0.3, 0.4) is 0 Å². The summed E-state index contributed by atoms with van der Waals surface area (Å²) in [6.45, 7) is 6.58. The number of nitriles is 1. The van der Waals surface area contributed by atoms with Crippen LogP contribution in [-0.2, 0) is 0 Å². The molecule has 2 aliphatic rings. The summed E-state index contributed by atoms with van der Waals surface area (Å²) in [6, 6.07) is 7.78. The average Bonchev–Trinajstić information content (AvgIpc) is 2.98. The molecule has 3 rings (SSSR count). The van der Waals surface area contributed by atoms with Crippen molar-refractivity contribution in [2.75, 3.05) is 7.11 Å². The van der Waals surface area contributed by atoms with E-state index in [9.17, 15) is 10.1 Å². The number of ketones is 1. The van der Waals surface area contributed by atoms with Gasteiger partial charge in [0.15, 0.2) is 5.78 Å². The van der Waals surface area contributed by atoms with Crippen LogP contribution in [0, 0.1) is 28.2 Å². The van der Waals surface area contributed by atoms with Gasteiger partial charge in [-0.1, -0.05) is 25.6 Å². The van der Waals surface area contributed by atoms with E-state index in [1.807, 2.05) is 6.07 Å². The van der Waals surface area contributed by atoms with Crippen molar-refractivity contribution in [1.82, 2.24) is 0 Å². The lowest BCUT2D eigenvalue weighted by Gasteiger charge is -2.29. The summed E-state index contributed by atoms with van der Waals surface area (Å²) in [7, 11) is 0.0390. The fourth-order valence-corrected chi connectivity index (χ4v) is 4.00. The molecular formula is C20H21NO2Si. The number of methoxy groups -OCH3 is 1. The number of hydrogen-bond donors (Lipinski definition) is 0. The molecule has 4 heteroatoms. The molecule has 0 saturated heterocycles. The zero-order valence-corrected chi connectivity index (χ0v) is 15.6. The van der Waals surface area contributed by atoms with Gasteiger partial charge in [-0.15, -0.1) is 5.54 Å². The average molecular weight is 335 g/mol. The molecule has 1 fully saturated rings. The van der Waals surface area contributed by atoms with E-state index in [-0.39, 0.29) is 5.78 Å². The van der Waals surface area contributed by atoms with Gasteiger partial charge in [-0.3, -0.25) is 4.79 Å². The van der Waals surface area contributed by atoms with Gasteiger partial charge in [0.25, 0.3) is 0 Å². The zero-order valence-electron chi connectivity index (χ0n) is 14.6. The molecule has 0 radical (unpaired) electrons. The van der Waals surface area contributed by atoms with Crippen LogP contribution in [0.5, 0.6) is 5.75 Å². The summed E-state index contributed by atoms with van der Waals surface area (Å²) in [5.41, 5.74) is 5.62. The van der Waals surface area contributed by atoms with Crippen LogP contribution < -0.4 is 4.74 Å². The third-order valence-corrected chi connectivity index (χ3v) is 5.55. The Labute approximate surface area is 144 Å². The van der Waals surface area contributed by atoms with Gasteiger partial charge in [-0.25, -0.2) is 0 Å². The van der Waals surface area contributed by atoms with E-state index in [2.05, 4.69) is 37.2 Å². The van der Waals surface area contributed by atoms with E-state index in [0.717, 1.165) is 29.6 Å². The number of hydrogen-bond acceptors (Lipinski definition) is 3. The van der Waals surface area contributed by atoms with Crippen LogP contribution >= 0.6 is 0 Å². The maximum atomic E-state index is 13.1. The molecule has 0 spiro atoms. The Morgan fingerprint density at radius 1 is 1.25 bits per heavy atom. The highest BCUT2D eigenvalue weighted by molar-refractivity contribution is 6.84. The van der Waals surface area contributed by atoms with Crippen molar-refractivity contribution in [2.45, 2.75) is 38.9 Å². The molecule has 24 heavy (non-hydrogen) atoms. The molecule has 3 nitrogen and oxygen atoms in total. The third kappa shape index (κ3) is 2.48. The standard InChI is InChI=1S/C20H21NO2Si/c1-23-14-7-8-16-17(12-14)15(9-11-24(2,3)4)18-6-5-10-20(18,13-21)19(16)22/h7-8,12H,5-6,10H2,1-4H3. The van der Waals surface area contributed by atoms with Crippen molar-refractivity contribution in [3.05, 3.63) is 34.9 Å². The van der Waals surface area contributed by atoms with Gasteiger partial charge in [0.05, 0.1) is 13.2 Å². The van der Waals surface area contributed by atoms with Gasteiger partial charge in [0.1, 0.15) is 19.2 Å². The van der Waals surface area contributed by atoms with Crippen LogP contribution in [-0.4, -0.2) is 21.0 Å². The van der Waals surface area contributed by atoms with Crippen molar-refractivity contribution < 1.29 is 9.53 Å². The van der Waals surface area contributed by atoms with E-state index >= 15 is 0 Å². The van der Waals surface area contributed by atoms with Crippen molar-refractivity contribution in [3.8, 4) is 23.3 Å². The van der Waals surface area contributed by atoms with E-state index in [0.29, 0.717) is 17.7 Å². The minimum Gasteiger partial charge on any atom is -0.497 e. The summed E-state index contributed by atoms with van der Waals surface area (Å²) < 4.78 is 5.33. The van der Waals surface area contributed by atoms with Crippen LogP contribution in [0.15, 0.2) is 23.8 Å². The largest absolute Gasteiger partial charge is 0.497 e. The molecule has 1 aromatic carbocycles. The molecule has 0 amide bonds. The maximum absolute atomic E-state index is 13.1. The quantitative estimate of drug-likeness (QED) is 0.570. The number of allylic oxidation sites excluding steroid dienone is 2. The van der Waals surface area contributed by atoms with Gasteiger partial charge >= 0.3 is 0 Å². The lowest BCUT2D eigenvalue weighted by Crippen LogP contribution is -2.33. The highest BCUT2D eigenvalue weighted by Crippen LogP contribution is 2.52. The van der Waals surface area contributed by atoms with Crippen LogP contribution in [0.4, 0.5) is 0 Å². The first kappa shape index (κ1) is 16.6. The Bertz CT molecular complexity index is 858. The highest BCUT2D eigenvalue weighted by atomic mass is 28.3. The number of ether oxygens (including phenoxy) is 1. The summed E-state index contributed by atoms with van der Waals surface area (Å²) in [4.78, 5) is 13.1. The molecule has 0 aliphatic heterocycles. The molecule has 1 aromatic rings. The normalized spacial score (nSPS) is 22.2. The Balaban J connectivity index is 2.32. The minimum absolute atomic E-state index is 0.0753. The predicted molar refractivity (Wildman–Crippen MR) is 97.3 cm³/mol. The van der Waals surface area contributed by atoms with Crippen molar-refractivity contribution in [2.24, 2.45) is 5.41 Å². The number of nitrogens with zero attached hydrogens (tertiary/aromatic N) is 1. The molecule has 0 bridgehead atoms. The summed E-state index contributed by atoms with van der Waals surface area (Å²) in [5, 5.41) is 9.83. The Kier molecular flexibility index (Phi) is 3.90. The number of carbonyl (C=O) groups is 1. The molecule has 2 aliphatic carbocycles. The summed E-state index contributed by atoms with van der Waals surface area (Å²) in [6.07, 6.45) is 2.23. The zero-order chi connectivity index (χ0) is 17.5. The van der Waals surface area contributed by atoms with E-state index in [1.165, 1.54) is 0 Å². The Morgan fingerprint density at radius 2 is 2.00 bits per heavy atom. The van der Waals surface area contributed by atoms with Crippen molar-refractivity contribution in [1.29, 1.82) is 5.26 Å². The minimum atomic E-state index is -1.57. The highest BCUT2D eigenvalue weighted by Gasteiger charge is 2.50.